The standard InChI is InChI=1S/C5H10O3S/c1-3-5-8-9(6,7)4-2/h4H,2-3,5H2,1H3. The maximum absolute atomic E-state index is 10.4. The van der Waals surface area contributed by atoms with Crippen LogP contribution >= 0.6 is 0 Å². The predicted molar refractivity (Wildman–Crippen MR) is 35.4 cm³/mol. The average Bonchev–Trinajstić information content (AvgIpc) is 1.84. The molecule has 0 bridgehead atoms. The molecule has 0 spiro atoms. The fourth-order valence-electron chi connectivity index (χ4n) is 0.248. The van der Waals surface area contributed by atoms with E-state index in [0.717, 1.165) is 5.41 Å². The van der Waals surface area contributed by atoms with Gasteiger partial charge in [-0.05, 0) is 6.42 Å². The molecule has 0 amide bonds. The SMILES string of the molecule is C=CS(=O)(=O)OCCC. The molecule has 0 atom stereocenters. The molecule has 3 nitrogen and oxygen atoms in total. The summed E-state index contributed by atoms with van der Waals surface area (Å²) in [7, 11) is -3.42. The second-order valence-corrected chi connectivity index (χ2v) is 3.04. The highest BCUT2D eigenvalue weighted by atomic mass is 32.2. The maximum Gasteiger partial charge on any atom is 0.289 e. The summed E-state index contributed by atoms with van der Waals surface area (Å²) in [5, 5.41) is 0.794. The topological polar surface area (TPSA) is 43.4 Å². The van der Waals surface area contributed by atoms with E-state index in [4.69, 9.17) is 0 Å². The molecule has 0 saturated carbocycles. The van der Waals surface area contributed by atoms with E-state index >= 15 is 0 Å². The molecule has 0 aliphatic rings. The molecule has 0 aromatic carbocycles. The first-order chi connectivity index (χ1) is 4.12. The van der Waals surface area contributed by atoms with Crippen molar-refractivity contribution in [3.05, 3.63) is 12.0 Å². The van der Waals surface area contributed by atoms with Gasteiger partial charge in [0.2, 0.25) is 0 Å². The van der Waals surface area contributed by atoms with Crippen LogP contribution in [-0.2, 0) is 14.3 Å². The third-order valence-electron chi connectivity index (χ3n) is 0.656. The van der Waals surface area contributed by atoms with Gasteiger partial charge in [0.05, 0.1) is 12.0 Å². The van der Waals surface area contributed by atoms with Crippen LogP contribution in [0.4, 0.5) is 0 Å². The lowest BCUT2D eigenvalue weighted by molar-refractivity contribution is 0.324. The minimum atomic E-state index is -3.42. The van der Waals surface area contributed by atoms with E-state index in [1.807, 2.05) is 6.92 Å². The molecule has 0 N–H and O–H groups in total. The van der Waals surface area contributed by atoms with Crippen molar-refractivity contribution in [3.63, 3.8) is 0 Å². The van der Waals surface area contributed by atoms with E-state index in [2.05, 4.69) is 10.8 Å². The first-order valence-electron chi connectivity index (χ1n) is 2.64. The Kier molecular flexibility index (Phi) is 3.49. The van der Waals surface area contributed by atoms with Crippen molar-refractivity contribution in [2.24, 2.45) is 0 Å². The van der Waals surface area contributed by atoms with Crippen molar-refractivity contribution < 1.29 is 12.6 Å². The highest BCUT2D eigenvalue weighted by Gasteiger charge is 2.00. The zero-order valence-electron chi connectivity index (χ0n) is 5.33. The minimum absolute atomic E-state index is 0.231. The van der Waals surface area contributed by atoms with Crippen molar-refractivity contribution in [2.45, 2.75) is 13.3 Å². The number of rotatable bonds is 4. The molecule has 0 aromatic rings. The highest BCUT2D eigenvalue weighted by Crippen LogP contribution is 1.93. The molecule has 0 aliphatic carbocycles. The van der Waals surface area contributed by atoms with Gasteiger partial charge in [0.1, 0.15) is 0 Å². The summed E-state index contributed by atoms with van der Waals surface area (Å²) in [6, 6.07) is 0. The van der Waals surface area contributed by atoms with E-state index in [-0.39, 0.29) is 6.61 Å². The third kappa shape index (κ3) is 4.17. The van der Waals surface area contributed by atoms with E-state index < -0.39 is 10.1 Å². The fraction of sp³-hybridized carbons (Fsp3) is 0.600. The van der Waals surface area contributed by atoms with Crippen LogP contribution in [0.1, 0.15) is 13.3 Å². The molecule has 4 heteroatoms. The van der Waals surface area contributed by atoms with E-state index in [9.17, 15) is 8.42 Å². The Bertz CT molecular complexity index is 169. The van der Waals surface area contributed by atoms with Gasteiger partial charge < -0.3 is 0 Å². The summed E-state index contributed by atoms with van der Waals surface area (Å²) < 4.78 is 25.2. The number of hydrogen-bond donors (Lipinski definition) is 0. The smallest absolute Gasteiger partial charge is 0.267 e. The van der Waals surface area contributed by atoms with E-state index in [1.165, 1.54) is 0 Å². The van der Waals surface area contributed by atoms with Crippen LogP contribution in [0.2, 0.25) is 0 Å². The monoisotopic (exact) mass is 150 g/mol. The van der Waals surface area contributed by atoms with Gasteiger partial charge in [-0.25, -0.2) is 0 Å². The van der Waals surface area contributed by atoms with Crippen molar-refractivity contribution in [1.29, 1.82) is 0 Å². The Morgan fingerprint density at radius 2 is 2.22 bits per heavy atom. The van der Waals surface area contributed by atoms with Crippen molar-refractivity contribution >= 4 is 10.1 Å². The van der Waals surface area contributed by atoms with Crippen LogP contribution in [0.15, 0.2) is 12.0 Å². The molecular weight excluding hydrogens is 140 g/mol. The van der Waals surface area contributed by atoms with Crippen LogP contribution < -0.4 is 0 Å². The molecule has 0 radical (unpaired) electrons. The molecule has 54 valence electrons. The summed E-state index contributed by atoms with van der Waals surface area (Å²) in [5.74, 6) is 0. The number of hydrogen-bond acceptors (Lipinski definition) is 3. The van der Waals surface area contributed by atoms with Gasteiger partial charge >= 0.3 is 0 Å². The minimum Gasteiger partial charge on any atom is -0.267 e. The lowest BCUT2D eigenvalue weighted by Gasteiger charge is -1.95. The van der Waals surface area contributed by atoms with Gasteiger partial charge in [-0.3, -0.25) is 4.18 Å². The third-order valence-corrected chi connectivity index (χ3v) is 1.56. The first-order valence-corrected chi connectivity index (χ1v) is 4.11. The Hall–Kier alpha value is -0.350. The summed E-state index contributed by atoms with van der Waals surface area (Å²) in [6.45, 7) is 5.13. The van der Waals surface area contributed by atoms with Gasteiger partial charge in [0.25, 0.3) is 10.1 Å². The van der Waals surface area contributed by atoms with Crippen LogP contribution in [0.5, 0.6) is 0 Å². The normalized spacial score (nSPS) is 11.2. The lowest BCUT2D eigenvalue weighted by Crippen LogP contribution is -2.01. The van der Waals surface area contributed by atoms with Gasteiger partial charge in [0, 0.05) is 0 Å². The van der Waals surface area contributed by atoms with Crippen molar-refractivity contribution in [2.75, 3.05) is 6.61 Å². The Morgan fingerprint density at radius 1 is 1.67 bits per heavy atom. The average molecular weight is 150 g/mol. The summed E-state index contributed by atoms with van der Waals surface area (Å²) in [6.07, 6.45) is 0.688. The first kappa shape index (κ1) is 8.65. The quantitative estimate of drug-likeness (QED) is 0.559. The molecule has 0 rings (SSSR count). The van der Waals surface area contributed by atoms with Crippen molar-refractivity contribution in [1.82, 2.24) is 0 Å². The van der Waals surface area contributed by atoms with Crippen LogP contribution in [-0.4, -0.2) is 15.0 Å². The van der Waals surface area contributed by atoms with Crippen molar-refractivity contribution in [3.8, 4) is 0 Å². The summed E-state index contributed by atoms with van der Waals surface area (Å²) >= 11 is 0. The molecule has 0 unspecified atom stereocenters. The molecule has 0 aromatic heterocycles. The van der Waals surface area contributed by atoms with Crippen LogP contribution in [0.25, 0.3) is 0 Å². The van der Waals surface area contributed by atoms with Crippen LogP contribution in [0.3, 0.4) is 0 Å². The Morgan fingerprint density at radius 3 is 2.56 bits per heavy atom. The zero-order valence-corrected chi connectivity index (χ0v) is 6.15. The molecule has 9 heavy (non-hydrogen) atoms. The second kappa shape index (κ2) is 3.63. The molecule has 0 aliphatic heterocycles. The van der Waals surface area contributed by atoms with Gasteiger partial charge in [-0.2, -0.15) is 8.42 Å². The predicted octanol–water partition coefficient (Wildman–Crippen LogP) is 0.886. The Labute approximate surface area is 55.5 Å². The molecule has 0 saturated heterocycles. The maximum atomic E-state index is 10.4. The van der Waals surface area contributed by atoms with Crippen LogP contribution in [0, 0.1) is 0 Å². The summed E-state index contributed by atoms with van der Waals surface area (Å²) in [4.78, 5) is 0. The lowest BCUT2D eigenvalue weighted by atomic mass is 10.5. The summed E-state index contributed by atoms with van der Waals surface area (Å²) in [5.41, 5.74) is 0. The molecule has 0 fully saturated rings. The molecular formula is C5H10O3S. The van der Waals surface area contributed by atoms with Gasteiger partial charge in [-0.1, -0.05) is 13.5 Å². The van der Waals surface area contributed by atoms with E-state index in [0.29, 0.717) is 6.42 Å². The van der Waals surface area contributed by atoms with Gasteiger partial charge in [-0.15, -0.1) is 0 Å². The molecule has 0 heterocycles. The zero-order chi connectivity index (χ0) is 7.33. The second-order valence-electron chi connectivity index (χ2n) is 1.48. The van der Waals surface area contributed by atoms with Gasteiger partial charge in [0.15, 0.2) is 0 Å². The highest BCUT2D eigenvalue weighted by molar-refractivity contribution is 7.89. The largest absolute Gasteiger partial charge is 0.289 e. The Balaban J connectivity index is 3.75. The van der Waals surface area contributed by atoms with E-state index in [1.54, 1.807) is 0 Å². The fourth-order valence-corrected chi connectivity index (χ4v) is 0.743.